The summed E-state index contributed by atoms with van der Waals surface area (Å²) in [6, 6.07) is 0.140. The number of nitrogens with two attached hydrogens (primary N) is 1. The van der Waals surface area contributed by atoms with Gasteiger partial charge in [0, 0.05) is 19.1 Å². The van der Waals surface area contributed by atoms with E-state index in [1.807, 2.05) is 46.4 Å². The number of carbonyl (C=O) groups excluding carboxylic acids is 2. The summed E-state index contributed by atoms with van der Waals surface area (Å²) >= 11 is 0. The highest BCUT2D eigenvalue weighted by Gasteiger charge is 2.45. The molecule has 5 heteroatoms. The van der Waals surface area contributed by atoms with Gasteiger partial charge in [-0.2, -0.15) is 0 Å². The molecule has 0 atom stereocenters. The number of nitrogens with zero attached hydrogens (tertiary/aromatic N) is 2. The second-order valence-electron chi connectivity index (χ2n) is 7.02. The topological polar surface area (TPSA) is 66.6 Å². The van der Waals surface area contributed by atoms with Crippen LogP contribution in [0.1, 0.15) is 54.4 Å². The summed E-state index contributed by atoms with van der Waals surface area (Å²) in [4.78, 5) is 29.0. The maximum absolute atomic E-state index is 12.9. The van der Waals surface area contributed by atoms with Crippen molar-refractivity contribution in [1.29, 1.82) is 0 Å². The van der Waals surface area contributed by atoms with Gasteiger partial charge in [-0.3, -0.25) is 9.59 Å². The van der Waals surface area contributed by atoms with Crippen LogP contribution in [0.3, 0.4) is 0 Å². The van der Waals surface area contributed by atoms with Crippen LogP contribution in [0.4, 0.5) is 0 Å². The monoisotopic (exact) mass is 297 g/mol. The molecule has 2 amide bonds. The van der Waals surface area contributed by atoms with Gasteiger partial charge in [0.15, 0.2) is 0 Å². The number of piperazine rings is 1. The number of amides is 2. The molecule has 21 heavy (non-hydrogen) atoms. The van der Waals surface area contributed by atoms with Crippen LogP contribution < -0.4 is 5.73 Å². The van der Waals surface area contributed by atoms with E-state index in [4.69, 9.17) is 5.73 Å². The largest absolute Gasteiger partial charge is 0.332 e. The van der Waals surface area contributed by atoms with Gasteiger partial charge >= 0.3 is 0 Å². The minimum absolute atomic E-state index is 0.0210. The average molecular weight is 297 g/mol. The lowest BCUT2D eigenvalue weighted by Crippen LogP contribution is -2.66. The zero-order valence-electron chi connectivity index (χ0n) is 14.4. The first kappa shape index (κ1) is 18.0. The van der Waals surface area contributed by atoms with E-state index < -0.39 is 5.41 Å². The molecule has 1 fully saturated rings. The fourth-order valence-electron chi connectivity index (χ4n) is 3.57. The second-order valence-corrected chi connectivity index (χ2v) is 7.02. The summed E-state index contributed by atoms with van der Waals surface area (Å²) in [5.74, 6) is 0.0487. The number of rotatable bonds is 5. The van der Waals surface area contributed by atoms with Crippen molar-refractivity contribution in [3.63, 3.8) is 0 Å². The van der Waals surface area contributed by atoms with Crippen LogP contribution in [0.2, 0.25) is 0 Å². The minimum atomic E-state index is -0.531. The first-order chi connectivity index (χ1) is 9.65. The minimum Gasteiger partial charge on any atom is -0.332 e. The summed E-state index contributed by atoms with van der Waals surface area (Å²) in [6.07, 6.45) is 1.41. The van der Waals surface area contributed by atoms with E-state index in [0.29, 0.717) is 25.9 Å². The first-order valence-corrected chi connectivity index (χ1v) is 7.96. The molecule has 1 aliphatic rings. The fraction of sp³-hybridized carbons (Fsp3) is 0.875. The Balaban J connectivity index is 3.03. The molecule has 0 saturated carbocycles. The van der Waals surface area contributed by atoms with E-state index in [9.17, 15) is 9.59 Å². The summed E-state index contributed by atoms with van der Waals surface area (Å²) < 4.78 is 0. The van der Waals surface area contributed by atoms with Crippen LogP contribution in [-0.4, -0.2) is 52.8 Å². The maximum Gasteiger partial charge on any atom is 0.242 e. The van der Waals surface area contributed by atoms with Gasteiger partial charge in [0.05, 0.1) is 17.5 Å². The van der Waals surface area contributed by atoms with Crippen molar-refractivity contribution in [1.82, 2.24) is 9.80 Å². The number of hydrogen-bond acceptors (Lipinski definition) is 3. The van der Waals surface area contributed by atoms with Gasteiger partial charge in [0.25, 0.3) is 0 Å². The quantitative estimate of drug-likeness (QED) is 0.838. The van der Waals surface area contributed by atoms with Gasteiger partial charge in [0.2, 0.25) is 11.8 Å². The van der Waals surface area contributed by atoms with Crippen molar-refractivity contribution in [2.45, 2.75) is 66.0 Å². The van der Waals surface area contributed by atoms with Gasteiger partial charge in [0.1, 0.15) is 0 Å². The Morgan fingerprint density at radius 3 is 2.19 bits per heavy atom. The molecule has 0 unspecified atom stereocenters. The zero-order valence-corrected chi connectivity index (χ0v) is 14.4. The highest BCUT2D eigenvalue weighted by molar-refractivity contribution is 5.89. The van der Waals surface area contributed by atoms with Gasteiger partial charge in [-0.15, -0.1) is 0 Å². The van der Waals surface area contributed by atoms with Crippen molar-refractivity contribution in [3.8, 4) is 0 Å². The van der Waals surface area contributed by atoms with Crippen LogP contribution in [-0.2, 0) is 9.59 Å². The summed E-state index contributed by atoms with van der Waals surface area (Å²) in [6.45, 7) is 13.1. The third kappa shape index (κ3) is 3.23. The van der Waals surface area contributed by atoms with Crippen molar-refractivity contribution >= 4 is 11.8 Å². The van der Waals surface area contributed by atoms with Gasteiger partial charge in [-0.1, -0.05) is 13.8 Å². The van der Waals surface area contributed by atoms with Crippen LogP contribution >= 0.6 is 0 Å². The van der Waals surface area contributed by atoms with E-state index in [2.05, 4.69) is 0 Å². The van der Waals surface area contributed by atoms with Crippen molar-refractivity contribution < 1.29 is 9.59 Å². The van der Waals surface area contributed by atoms with Crippen LogP contribution in [0.25, 0.3) is 0 Å². The molecule has 0 aliphatic carbocycles. The molecule has 0 aromatic carbocycles. The van der Waals surface area contributed by atoms with E-state index in [1.165, 1.54) is 0 Å². The van der Waals surface area contributed by atoms with Gasteiger partial charge in [-0.25, -0.2) is 0 Å². The predicted molar refractivity (Wildman–Crippen MR) is 84.7 cm³/mol. The maximum atomic E-state index is 12.9. The SMILES string of the molecule is CCC(CC)(CN)C(=O)N1CC(=O)N(C(C)C)C(C)(C)C1. The Bertz CT molecular complexity index is 392. The van der Waals surface area contributed by atoms with Gasteiger partial charge in [-0.05, 0) is 40.5 Å². The lowest BCUT2D eigenvalue weighted by Gasteiger charge is -2.50. The molecule has 2 N–H and O–H groups in total. The molecule has 1 aliphatic heterocycles. The number of hydrogen-bond donors (Lipinski definition) is 1. The Labute approximate surface area is 128 Å². The first-order valence-electron chi connectivity index (χ1n) is 7.96. The van der Waals surface area contributed by atoms with Crippen LogP contribution in [0.5, 0.6) is 0 Å². The highest BCUT2D eigenvalue weighted by Crippen LogP contribution is 2.31. The van der Waals surface area contributed by atoms with Crippen molar-refractivity contribution in [3.05, 3.63) is 0 Å². The van der Waals surface area contributed by atoms with Gasteiger partial charge < -0.3 is 15.5 Å². The normalized spacial score (nSPS) is 19.3. The van der Waals surface area contributed by atoms with E-state index in [1.54, 1.807) is 4.90 Å². The molecule has 0 aromatic heterocycles. The Kier molecular flexibility index (Phi) is 5.42. The van der Waals surface area contributed by atoms with Crippen molar-refractivity contribution in [2.24, 2.45) is 11.1 Å². The molecule has 122 valence electrons. The molecular formula is C16H31N3O2. The van der Waals surface area contributed by atoms with E-state index >= 15 is 0 Å². The molecule has 0 bridgehead atoms. The summed E-state index contributed by atoms with van der Waals surface area (Å²) in [5, 5.41) is 0. The Morgan fingerprint density at radius 1 is 1.33 bits per heavy atom. The molecule has 1 rings (SSSR count). The molecule has 5 nitrogen and oxygen atoms in total. The average Bonchev–Trinajstić information content (AvgIpc) is 2.38. The third-order valence-corrected chi connectivity index (χ3v) is 4.83. The Morgan fingerprint density at radius 2 is 1.86 bits per heavy atom. The standard InChI is InChI=1S/C16H31N3O2/c1-7-16(8-2,10-17)14(21)18-9-13(20)19(12(3)4)15(5,6)11-18/h12H,7-11,17H2,1-6H3. The van der Waals surface area contributed by atoms with E-state index in [-0.39, 0.29) is 29.9 Å². The second kappa shape index (κ2) is 6.34. The Hall–Kier alpha value is -1.10. The highest BCUT2D eigenvalue weighted by atomic mass is 16.2. The number of carbonyl (C=O) groups is 2. The zero-order chi connectivity index (χ0) is 16.4. The molecule has 1 heterocycles. The predicted octanol–water partition coefficient (Wildman–Crippen LogP) is 1.61. The molecule has 0 spiro atoms. The molecule has 0 aromatic rings. The molecule has 0 radical (unpaired) electrons. The smallest absolute Gasteiger partial charge is 0.242 e. The van der Waals surface area contributed by atoms with Crippen molar-refractivity contribution in [2.75, 3.05) is 19.6 Å². The van der Waals surface area contributed by atoms with E-state index in [0.717, 1.165) is 0 Å². The summed E-state index contributed by atoms with van der Waals surface area (Å²) in [7, 11) is 0. The van der Waals surface area contributed by atoms with Crippen LogP contribution in [0.15, 0.2) is 0 Å². The van der Waals surface area contributed by atoms with Crippen LogP contribution in [0, 0.1) is 5.41 Å². The molecular weight excluding hydrogens is 266 g/mol. The third-order valence-electron chi connectivity index (χ3n) is 4.83. The lowest BCUT2D eigenvalue weighted by atomic mass is 9.80. The lowest BCUT2D eigenvalue weighted by molar-refractivity contribution is -0.160. The molecule has 1 saturated heterocycles. The summed E-state index contributed by atoms with van der Waals surface area (Å²) in [5.41, 5.74) is 4.99. The fourth-order valence-corrected chi connectivity index (χ4v) is 3.57.